The minimum atomic E-state index is -1.21. The van der Waals surface area contributed by atoms with Gasteiger partial charge in [0.1, 0.15) is 11.2 Å². The van der Waals surface area contributed by atoms with Crippen LogP contribution in [0, 0.1) is 0 Å². The van der Waals surface area contributed by atoms with Crippen LogP contribution in [0.25, 0.3) is 21.9 Å². The van der Waals surface area contributed by atoms with Crippen molar-refractivity contribution in [2.45, 2.75) is 4.90 Å². The maximum absolute atomic E-state index is 12.5. The second-order valence-electron chi connectivity index (χ2n) is 4.56. The molecule has 0 unspecified atom stereocenters. The van der Waals surface area contributed by atoms with Crippen LogP contribution >= 0.6 is 0 Å². The van der Waals surface area contributed by atoms with Crippen molar-refractivity contribution >= 4 is 38.7 Å². The fourth-order valence-electron chi connectivity index (χ4n) is 2.15. The Hall–Kier alpha value is -2.47. The number of hydrogen-bond acceptors (Lipinski definition) is 4. The van der Waals surface area contributed by atoms with Gasteiger partial charge >= 0.3 is 5.97 Å². The first-order valence-electron chi connectivity index (χ1n) is 6.05. The Balaban J connectivity index is 2.42. The second kappa shape index (κ2) is 4.82. The van der Waals surface area contributed by atoms with Crippen LogP contribution in [-0.2, 0) is 10.8 Å². The van der Waals surface area contributed by atoms with Crippen molar-refractivity contribution in [1.82, 2.24) is 0 Å². The number of fused-ring (bicyclic) bond motifs is 2. The first kappa shape index (κ1) is 13.5. The first-order chi connectivity index (χ1) is 9.97. The maximum atomic E-state index is 12.5. The zero-order valence-corrected chi connectivity index (χ0v) is 11.8. The van der Waals surface area contributed by atoms with E-state index in [1.54, 1.807) is 12.1 Å². The van der Waals surface area contributed by atoms with Gasteiger partial charge < -0.3 is 9.52 Å². The zero-order chi connectivity index (χ0) is 15.1. The summed E-state index contributed by atoms with van der Waals surface area (Å²) >= 11 is 0. The molecule has 6 heteroatoms. The van der Waals surface area contributed by atoms with Gasteiger partial charge in [-0.25, -0.2) is 4.79 Å². The Labute approximate surface area is 121 Å². The lowest BCUT2D eigenvalue weighted by atomic mass is 10.1. The number of aromatic carboxylic acids is 1. The lowest BCUT2D eigenvalue weighted by molar-refractivity contribution is 0.0697. The van der Waals surface area contributed by atoms with Gasteiger partial charge in [-0.1, -0.05) is 0 Å². The summed E-state index contributed by atoms with van der Waals surface area (Å²) in [4.78, 5) is 24.0. The van der Waals surface area contributed by atoms with Gasteiger partial charge in [-0.15, -0.1) is 0 Å². The molecule has 1 atom stereocenters. The van der Waals surface area contributed by atoms with Gasteiger partial charge in [-0.2, -0.15) is 0 Å². The summed E-state index contributed by atoms with van der Waals surface area (Å²) in [6.07, 6.45) is 1.52. The molecule has 21 heavy (non-hydrogen) atoms. The highest BCUT2D eigenvalue weighted by atomic mass is 32.2. The van der Waals surface area contributed by atoms with Crippen LogP contribution < -0.4 is 5.43 Å². The van der Waals surface area contributed by atoms with E-state index in [1.807, 2.05) is 0 Å². The fraction of sp³-hybridized carbons (Fsp3) is 0.0667. The first-order valence-corrected chi connectivity index (χ1v) is 7.60. The molecular weight excluding hydrogens is 292 g/mol. The molecule has 0 saturated carbocycles. The Morgan fingerprint density at radius 1 is 1.10 bits per heavy atom. The summed E-state index contributed by atoms with van der Waals surface area (Å²) in [6, 6.07) is 8.89. The summed E-state index contributed by atoms with van der Waals surface area (Å²) in [7, 11) is -1.21. The van der Waals surface area contributed by atoms with Crippen molar-refractivity contribution < 1.29 is 18.5 Å². The Morgan fingerprint density at radius 3 is 2.33 bits per heavy atom. The van der Waals surface area contributed by atoms with Gasteiger partial charge in [0.2, 0.25) is 5.43 Å². The smallest absolute Gasteiger partial charge is 0.335 e. The lowest BCUT2D eigenvalue weighted by Gasteiger charge is -2.04. The van der Waals surface area contributed by atoms with Crippen LogP contribution in [0.3, 0.4) is 0 Å². The van der Waals surface area contributed by atoms with Crippen molar-refractivity contribution in [3.8, 4) is 0 Å². The maximum Gasteiger partial charge on any atom is 0.335 e. The summed E-state index contributed by atoms with van der Waals surface area (Å²) in [6.45, 7) is 0. The van der Waals surface area contributed by atoms with E-state index < -0.39 is 16.8 Å². The summed E-state index contributed by atoms with van der Waals surface area (Å²) < 4.78 is 17.1. The van der Waals surface area contributed by atoms with E-state index in [9.17, 15) is 13.8 Å². The highest BCUT2D eigenvalue weighted by Gasteiger charge is 2.12. The molecule has 0 aliphatic heterocycles. The van der Waals surface area contributed by atoms with E-state index in [1.165, 1.54) is 30.5 Å². The number of carboxylic acid groups (broad SMARTS) is 1. The van der Waals surface area contributed by atoms with E-state index in [4.69, 9.17) is 9.52 Å². The monoisotopic (exact) mass is 302 g/mol. The second-order valence-corrected chi connectivity index (χ2v) is 5.94. The highest BCUT2D eigenvalue weighted by Crippen LogP contribution is 2.21. The zero-order valence-electron chi connectivity index (χ0n) is 11.0. The largest absolute Gasteiger partial charge is 0.478 e. The Kier molecular flexibility index (Phi) is 3.10. The molecule has 1 heterocycles. The van der Waals surface area contributed by atoms with Crippen molar-refractivity contribution in [2.24, 2.45) is 0 Å². The lowest BCUT2D eigenvalue weighted by Crippen LogP contribution is -2.05. The van der Waals surface area contributed by atoms with E-state index >= 15 is 0 Å². The summed E-state index contributed by atoms with van der Waals surface area (Å²) in [5, 5.41) is 9.48. The molecule has 1 aromatic heterocycles. The van der Waals surface area contributed by atoms with E-state index in [0.717, 1.165) is 0 Å². The van der Waals surface area contributed by atoms with Crippen LogP contribution in [0.15, 0.2) is 50.5 Å². The highest BCUT2D eigenvalue weighted by molar-refractivity contribution is 7.84. The summed E-state index contributed by atoms with van der Waals surface area (Å²) in [5.41, 5.74) is 0.388. The molecule has 2 aromatic carbocycles. The normalized spacial score (nSPS) is 12.6. The molecule has 0 radical (unpaired) electrons. The van der Waals surface area contributed by atoms with Crippen molar-refractivity contribution in [3.05, 3.63) is 52.2 Å². The summed E-state index contributed by atoms with van der Waals surface area (Å²) in [5.74, 6) is -1.11. The Morgan fingerprint density at radius 2 is 1.71 bits per heavy atom. The van der Waals surface area contributed by atoms with Crippen LogP contribution in [0.1, 0.15) is 10.4 Å². The molecule has 1 N–H and O–H groups in total. The van der Waals surface area contributed by atoms with Crippen molar-refractivity contribution in [2.75, 3.05) is 6.26 Å². The SMILES string of the molecule is C[S@](=O)c1ccc2oc3ccc(C(=O)O)cc3c(=O)c2c1. The third-order valence-corrected chi connectivity index (χ3v) is 4.14. The predicted molar refractivity (Wildman–Crippen MR) is 79.3 cm³/mol. The van der Waals surface area contributed by atoms with Crippen LogP contribution in [0.5, 0.6) is 0 Å². The molecule has 3 aromatic rings. The van der Waals surface area contributed by atoms with Gasteiger partial charge in [-0.3, -0.25) is 9.00 Å². The number of carboxylic acids is 1. The van der Waals surface area contributed by atoms with Crippen molar-refractivity contribution in [3.63, 3.8) is 0 Å². The average Bonchev–Trinajstić information content (AvgIpc) is 2.46. The Bertz CT molecular complexity index is 896. The minimum absolute atomic E-state index is 0.0179. The molecule has 5 nitrogen and oxygen atoms in total. The number of carbonyl (C=O) groups is 1. The van der Waals surface area contributed by atoms with Crippen LogP contribution in [0.2, 0.25) is 0 Å². The topological polar surface area (TPSA) is 84.6 Å². The molecule has 3 rings (SSSR count). The molecule has 0 fully saturated rings. The predicted octanol–water partition coefficient (Wildman–Crippen LogP) is 2.38. The van der Waals surface area contributed by atoms with E-state index in [-0.39, 0.29) is 21.8 Å². The van der Waals surface area contributed by atoms with Crippen LogP contribution in [0.4, 0.5) is 0 Å². The molecule has 0 aliphatic rings. The number of hydrogen-bond donors (Lipinski definition) is 1. The van der Waals surface area contributed by atoms with Gasteiger partial charge in [0, 0.05) is 22.0 Å². The molecule has 0 aliphatic carbocycles. The van der Waals surface area contributed by atoms with Gasteiger partial charge in [0.05, 0.1) is 16.3 Å². The molecule has 0 saturated heterocycles. The number of benzene rings is 2. The third-order valence-electron chi connectivity index (χ3n) is 3.22. The standard InChI is InChI=1S/C15H10O5S/c1-21(19)9-3-5-13-11(7-9)14(16)10-6-8(15(17)18)2-4-12(10)20-13/h2-7H,1H3,(H,17,18)/t21-/m0/s1. The molecule has 0 amide bonds. The average molecular weight is 302 g/mol. The van der Waals surface area contributed by atoms with Crippen LogP contribution in [-0.4, -0.2) is 21.5 Å². The van der Waals surface area contributed by atoms with Gasteiger partial charge in [-0.05, 0) is 36.4 Å². The number of rotatable bonds is 2. The molecule has 0 bridgehead atoms. The minimum Gasteiger partial charge on any atom is -0.478 e. The van der Waals surface area contributed by atoms with E-state index in [2.05, 4.69) is 0 Å². The van der Waals surface area contributed by atoms with Gasteiger partial charge in [0.15, 0.2) is 0 Å². The quantitative estimate of drug-likeness (QED) is 0.735. The van der Waals surface area contributed by atoms with E-state index in [0.29, 0.717) is 16.1 Å². The van der Waals surface area contributed by atoms with Gasteiger partial charge in [0.25, 0.3) is 0 Å². The molecular formula is C15H10O5S. The van der Waals surface area contributed by atoms with Crippen molar-refractivity contribution in [1.29, 1.82) is 0 Å². The fourth-order valence-corrected chi connectivity index (χ4v) is 2.69. The molecule has 106 valence electrons. The molecule has 0 spiro atoms. The third kappa shape index (κ3) is 2.23.